The number of anilines is 1. The van der Waals surface area contributed by atoms with Crippen LogP contribution >= 0.6 is 11.6 Å². The molecule has 3 aromatic carbocycles. The maximum absolute atomic E-state index is 6.10. The van der Waals surface area contributed by atoms with Crippen LogP contribution in [0.2, 0.25) is 5.02 Å². The average Bonchev–Trinajstić information content (AvgIpc) is 2.62. The number of hydrogen-bond donors (Lipinski definition) is 1. The van der Waals surface area contributed by atoms with Crippen molar-refractivity contribution in [2.75, 3.05) is 5.32 Å². The summed E-state index contributed by atoms with van der Waals surface area (Å²) in [4.78, 5) is 0. The highest BCUT2D eigenvalue weighted by Crippen LogP contribution is 2.27. The summed E-state index contributed by atoms with van der Waals surface area (Å²) in [7, 11) is 0. The number of halogens is 1. The maximum atomic E-state index is 6.10. The molecule has 1 N–H and O–H groups in total. The number of para-hydroxylation sites is 1. The van der Waals surface area contributed by atoms with E-state index in [2.05, 4.69) is 18.3 Å². The van der Waals surface area contributed by atoms with Gasteiger partial charge in [-0.2, -0.15) is 0 Å². The highest BCUT2D eigenvalue weighted by atomic mass is 35.5. The zero-order valence-electron chi connectivity index (χ0n) is 13.6. The number of rotatable bonds is 6. The molecule has 122 valence electrons. The molecular weight excluding hydrogens is 318 g/mol. The standard InChI is InChI=1S/C21H20ClNO/c1-2-21(16-7-6-8-17(22)15-16)23-18-11-13-20(14-12-18)24-19-9-4-3-5-10-19/h3-15,21,23H,2H2,1H3. The predicted octanol–water partition coefficient (Wildman–Crippen LogP) is 6.70. The summed E-state index contributed by atoms with van der Waals surface area (Å²) in [5.41, 5.74) is 2.25. The quantitative estimate of drug-likeness (QED) is 0.540. The molecule has 0 radical (unpaired) electrons. The van der Waals surface area contributed by atoms with Gasteiger partial charge in [0.15, 0.2) is 0 Å². The van der Waals surface area contributed by atoms with Crippen molar-refractivity contribution in [2.45, 2.75) is 19.4 Å². The Morgan fingerprint density at radius 2 is 1.58 bits per heavy atom. The van der Waals surface area contributed by atoms with Gasteiger partial charge >= 0.3 is 0 Å². The van der Waals surface area contributed by atoms with Crippen molar-refractivity contribution in [3.8, 4) is 11.5 Å². The van der Waals surface area contributed by atoms with E-state index in [9.17, 15) is 0 Å². The summed E-state index contributed by atoms with van der Waals surface area (Å²) >= 11 is 6.10. The molecule has 0 bridgehead atoms. The van der Waals surface area contributed by atoms with Gasteiger partial charge in [0, 0.05) is 10.7 Å². The first-order chi connectivity index (χ1) is 11.7. The monoisotopic (exact) mass is 337 g/mol. The molecule has 2 nitrogen and oxygen atoms in total. The van der Waals surface area contributed by atoms with E-state index in [-0.39, 0.29) is 6.04 Å². The average molecular weight is 338 g/mol. The fourth-order valence-electron chi connectivity index (χ4n) is 2.59. The SMILES string of the molecule is CCC(Nc1ccc(Oc2ccccc2)cc1)c1cccc(Cl)c1. The molecule has 0 aliphatic heterocycles. The number of ether oxygens (including phenoxy) is 1. The van der Waals surface area contributed by atoms with Crippen LogP contribution < -0.4 is 10.1 Å². The lowest BCUT2D eigenvalue weighted by molar-refractivity contribution is 0.483. The Bertz CT molecular complexity index is 771. The van der Waals surface area contributed by atoms with E-state index < -0.39 is 0 Å². The zero-order chi connectivity index (χ0) is 16.8. The minimum absolute atomic E-state index is 0.226. The lowest BCUT2D eigenvalue weighted by Gasteiger charge is -2.19. The minimum Gasteiger partial charge on any atom is -0.457 e. The molecule has 1 unspecified atom stereocenters. The highest BCUT2D eigenvalue weighted by Gasteiger charge is 2.09. The Morgan fingerprint density at radius 1 is 0.875 bits per heavy atom. The minimum atomic E-state index is 0.226. The van der Waals surface area contributed by atoms with E-state index in [4.69, 9.17) is 16.3 Å². The molecule has 0 aliphatic rings. The van der Waals surface area contributed by atoms with Gasteiger partial charge in [0.25, 0.3) is 0 Å². The maximum Gasteiger partial charge on any atom is 0.127 e. The third-order valence-electron chi connectivity index (χ3n) is 3.83. The zero-order valence-corrected chi connectivity index (χ0v) is 14.3. The van der Waals surface area contributed by atoms with Crippen LogP contribution in [0.5, 0.6) is 11.5 Å². The summed E-state index contributed by atoms with van der Waals surface area (Å²) in [6, 6.07) is 26.0. The van der Waals surface area contributed by atoms with Crippen LogP contribution in [-0.2, 0) is 0 Å². The first kappa shape index (κ1) is 16.4. The van der Waals surface area contributed by atoms with Gasteiger partial charge in [-0.3, -0.25) is 0 Å². The molecule has 24 heavy (non-hydrogen) atoms. The second kappa shape index (κ2) is 7.89. The fraction of sp³-hybridized carbons (Fsp3) is 0.143. The number of benzene rings is 3. The molecule has 3 rings (SSSR count). The summed E-state index contributed by atoms with van der Waals surface area (Å²) in [5.74, 6) is 1.66. The third kappa shape index (κ3) is 4.30. The van der Waals surface area contributed by atoms with Gasteiger partial charge < -0.3 is 10.1 Å². The predicted molar refractivity (Wildman–Crippen MR) is 101 cm³/mol. The largest absolute Gasteiger partial charge is 0.457 e. The molecule has 1 atom stereocenters. The smallest absolute Gasteiger partial charge is 0.127 e. The van der Waals surface area contributed by atoms with Gasteiger partial charge in [0.1, 0.15) is 11.5 Å². The van der Waals surface area contributed by atoms with E-state index in [0.29, 0.717) is 0 Å². The van der Waals surface area contributed by atoms with Crippen LogP contribution in [0.4, 0.5) is 5.69 Å². The highest BCUT2D eigenvalue weighted by molar-refractivity contribution is 6.30. The van der Waals surface area contributed by atoms with Crippen LogP contribution in [0.15, 0.2) is 78.9 Å². The van der Waals surface area contributed by atoms with Gasteiger partial charge in [-0.05, 0) is 60.5 Å². The third-order valence-corrected chi connectivity index (χ3v) is 4.07. The molecular formula is C21H20ClNO. The van der Waals surface area contributed by atoms with Crippen LogP contribution in [0.25, 0.3) is 0 Å². The van der Waals surface area contributed by atoms with Crippen molar-refractivity contribution in [1.29, 1.82) is 0 Å². The van der Waals surface area contributed by atoms with E-state index >= 15 is 0 Å². The van der Waals surface area contributed by atoms with Crippen LogP contribution in [0, 0.1) is 0 Å². The summed E-state index contributed by atoms with van der Waals surface area (Å²) in [5, 5.41) is 4.31. The van der Waals surface area contributed by atoms with E-state index in [1.807, 2.05) is 72.8 Å². The Labute approximate surface area is 148 Å². The molecule has 3 heteroatoms. The van der Waals surface area contributed by atoms with Crippen LogP contribution in [0.1, 0.15) is 24.9 Å². The van der Waals surface area contributed by atoms with Crippen molar-refractivity contribution < 1.29 is 4.74 Å². The van der Waals surface area contributed by atoms with Crippen molar-refractivity contribution in [2.24, 2.45) is 0 Å². The van der Waals surface area contributed by atoms with Crippen LogP contribution in [-0.4, -0.2) is 0 Å². The van der Waals surface area contributed by atoms with E-state index in [1.165, 1.54) is 5.56 Å². The van der Waals surface area contributed by atoms with Gasteiger partial charge in [0.05, 0.1) is 6.04 Å². The van der Waals surface area contributed by atoms with Crippen molar-refractivity contribution >= 4 is 17.3 Å². The number of nitrogens with one attached hydrogen (secondary N) is 1. The molecule has 0 aliphatic carbocycles. The lowest BCUT2D eigenvalue weighted by Crippen LogP contribution is -2.09. The van der Waals surface area contributed by atoms with Crippen molar-refractivity contribution in [3.63, 3.8) is 0 Å². The van der Waals surface area contributed by atoms with Gasteiger partial charge in [-0.15, -0.1) is 0 Å². The van der Waals surface area contributed by atoms with Crippen molar-refractivity contribution in [3.05, 3.63) is 89.4 Å². The summed E-state index contributed by atoms with van der Waals surface area (Å²) in [6.45, 7) is 2.16. The van der Waals surface area contributed by atoms with E-state index in [1.54, 1.807) is 0 Å². The molecule has 3 aromatic rings. The summed E-state index contributed by atoms with van der Waals surface area (Å²) < 4.78 is 5.82. The molecule has 0 spiro atoms. The Balaban J connectivity index is 1.69. The second-order valence-electron chi connectivity index (χ2n) is 5.60. The Hall–Kier alpha value is -2.45. The van der Waals surface area contributed by atoms with Gasteiger partial charge in [-0.1, -0.05) is 48.9 Å². The molecule has 0 saturated heterocycles. The molecule has 0 heterocycles. The normalized spacial score (nSPS) is 11.8. The first-order valence-electron chi connectivity index (χ1n) is 8.09. The van der Waals surface area contributed by atoms with Gasteiger partial charge in [0.2, 0.25) is 0 Å². The van der Waals surface area contributed by atoms with Gasteiger partial charge in [-0.25, -0.2) is 0 Å². The second-order valence-corrected chi connectivity index (χ2v) is 6.04. The van der Waals surface area contributed by atoms with Crippen LogP contribution in [0.3, 0.4) is 0 Å². The Kier molecular flexibility index (Phi) is 5.39. The first-order valence-corrected chi connectivity index (χ1v) is 8.47. The Morgan fingerprint density at radius 3 is 2.25 bits per heavy atom. The fourth-order valence-corrected chi connectivity index (χ4v) is 2.79. The van der Waals surface area contributed by atoms with Crippen molar-refractivity contribution in [1.82, 2.24) is 0 Å². The molecule has 0 fully saturated rings. The molecule has 0 saturated carbocycles. The molecule has 0 amide bonds. The lowest BCUT2D eigenvalue weighted by atomic mass is 10.0. The van der Waals surface area contributed by atoms with E-state index in [0.717, 1.165) is 28.6 Å². The number of hydrogen-bond acceptors (Lipinski definition) is 2. The molecule has 0 aromatic heterocycles. The topological polar surface area (TPSA) is 21.3 Å². The summed E-state index contributed by atoms with van der Waals surface area (Å²) in [6.07, 6.45) is 0.975.